The van der Waals surface area contributed by atoms with Crippen molar-refractivity contribution < 1.29 is 5.11 Å². The summed E-state index contributed by atoms with van der Waals surface area (Å²) in [5.41, 5.74) is 0.932. The van der Waals surface area contributed by atoms with Gasteiger partial charge >= 0.3 is 0 Å². The molecular weight excluding hydrogens is 337 g/mol. The predicted octanol–water partition coefficient (Wildman–Crippen LogP) is 1.63. The molecule has 1 aromatic heterocycles. The zero-order chi connectivity index (χ0) is 14.7. The largest absolute Gasteiger partial charge is 0.395 e. The Morgan fingerprint density at radius 3 is 2.48 bits per heavy atom. The molecule has 6 nitrogen and oxygen atoms in total. The normalized spacial score (nSPS) is 15.0. The molecule has 23 heavy (non-hydrogen) atoms. The molecule has 0 amide bonds. The van der Waals surface area contributed by atoms with Gasteiger partial charge < -0.3 is 20.2 Å². The minimum Gasteiger partial charge on any atom is -0.395 e. The molecule has 0 spiro atoms. The molecule has 0 aliphatic carbocycles. The van der Waals surface area contributed by atoms with E-state index in [1.54, 1.807) is 0 Å². The number of hydrogen-bond donors (Lipinski definition) is 2. The maximum absolute atomic E-state index is 9.02. The van der Waals surface area contributed by atoms with Gasteiger partial charge in [-0.1, -0.05) is 12.1 Å². The second kappa shape index (κ2) is 9.08. The average Bonchev–Trinajstić information content (AvgIpc) is 2.53. The van der Waals surface area contributed by atoms with Crippen molar-refractivity contribution in [1.82, 2.24) is 14.9 Å². The molecule has 0 bridgehead atoms. The number of hydrogen-bond acceptors (Lipinski definition) is 6. The standard InChI is InChI=1S/C15H21N5O.2ClH/c1-19-7-9-20(10-8-19)15-17-13-5-3-2-4-12(13)14(18-15)16-6-11-21;;/h2-5,21H,6-11H2,1H3,(H,16,17,18);2*1H. The molecule has 2 N–H and O–H groups in total. The summed E-state index contributed by atoms with van der Waals surface area (Å²) in [5.74, 6) is 1.56. The zero-order valence-electron chi connectivity index (χ0n) is 13.1. The smallest absolute Gasteiger partial charge is 0.227 e. The van der Waals surface area contributed by atoms with Crippen LogP contribution in [0.5, 0.6) is 0 Å². The summed E-state index contributed by atoms with van der Waals surface area (Å²) in [6.45, 7) is 4.50. The van der Waals surface area contributed by atoms with Gasteiger partial charge in [0, 0.05) is 38.1 Å². The van der Waals surface area contributed by atoms with E-state index in [1.807, 2.05) is 24.3 Å². The first-order valence-electron chi connectivity index (χ1n) is 7.33. The molecule has 1 saturated heterocycles. The van der Waals surface area contributed by atoms with Crippen LogP contribution in [0, 0.1) is 0 Å². The zero-order valence-corrected chi connectivity index (χ0v) is 14.7. The third-order valence-corrected chi connectivity index (χ3v) is 3.78. The quantitative estimate of drug-likeness (QED) is 0.864. The SMILES string of the molecule is CN1CCN(c2nc(NCCO)c3ccccc3n2)CC1.Cl.Cl. The fraction of sp³-hybridized carbons (Fsp3) is 0.467. The summed E-state index contributed by atoms with van der Waals surface area (Å²) in [5, 5.41) is 13.2. The summed E-state index contributed by atoms with van der Waals surface area (Å²) in [7, 11) is 2.13. The Bertz CT molecular complexity index is 620. The molecular formula is C15H23Cl2N5O. The second-order valence-corrected chi connectivity index (χ2v) is 5.33. The van der Waals surface area contributed by atoms with Crippen LogP contribution in [0.2, 0.25) is 0 Å². The molecule has 1 aliphatic heterocycles. The number of nitrogens with zero attached hydrogens (tertiary/aromatic N) is 4. The van der Waals surface area contributed by atoms with Crippen LogP contribution in [0.25, 0.3) is 10.9 Å². The summed E-state index contributed by atoms with van der Waals surface area (Å²) in [6, 6.07) is 7.97. The topological polar surface area (TPSA) is 64.5 Å². The Hall–Kier alpha value is -1.34. The number of para-hydroxylation sites is 1. The van der Waals surface area contributed by atoms with E-state index < -0.39 is 0 Å². The molecule has 3 rings (SSSR count). The van der Waals surface area contributed by atoms with Crippen molar-refractivity contribution in [2.75, 3.05) is 56.6 Å². The van der Waals surface area contributed by atoms with E-state index in [0.29, 0.717) is 6.54 Å². The van der Waals surface area contributed by atoms with Gasteiger partial charge in [0.05, 0.1) is 12.1 Å². The molecule has 1 fully saturated rings. The molecule has 128 valence electrons. The van der Waals surface area contributed by atoms with Gasteiger partial charge in [0.1, 0.15) is 5.82 Å². The van der Waals surface area contributed by atoms with Crippen molar-refractivity contribution in [2.24, 2.45) is 0 Å². The molecule has 0 radical (unpaired) electrons. The Balaban J connectivity index is 0.00000132. The number of nitrogens with one attached hydrogen (secondary N) is 1. The lowest BCUT2D eigenvalue weighted by molar-refractivity contribution is 0.310. The highest BCUT2D eigenvalue weighted by atomic mass is 35.5. The highest BCUT2D eigenvalue weighted by Crippen LogP contribution is 2.23. The fourth-order valence-electron chi connectivity index (χ4n) is 2.52. The summed E-state index contributed by atoms with van der Waals surface area (Å²) >= 11 is 0. The van der Waals surface area contributed by atoms with Crippen LogP contribution in [0.3, 0.4) is 0 Å². The number of likely N-dealkylation sites (N-methyl/N-ethyl adjacent to an activating group) is 1. The van der Waals surface area contributed by atoms with E-state index in [9.17, 15) is 0 Å². The van der Waals surface area contributed by atoms with Gasteiger partial charge in [-0.05, 0) is 19.2 Å². The van der Waals surface area contributed by atoms with E-state index in [4.69, 9.17) is 5.11 Å². The minimum atomic E-state index is 0. The van der Waals surface area contributed by atoms with E-state index in [2.05, 4.69) is 32.1 Å². The maximum Gasteiger partial charge on any atom is 0.227 e. The van der Waals surface area contributed by atoms with Crippen LogP contribution in [-0.4, -0.2) is 66.4 Å². The van der Waals surface area contributed by atoms with Crippen LogP contribution in [0.15, 0.2) is 24.3 Å². The summed E-state index contributed by atoms with van der Waals surface area (Å²) < 4.78 is 0. The third-order valence-electron chi connectivity index (χ3n) is 3.78. The number of anilines is 2. The maximum atomic E-state index is 9.02. The number of rotatable bonds is 4. The first kappa shape index (κ1) is 19.7. The van der Waals surface area contributed by atoms with Crippen molar-refractivity contribution >= 4 is 47.5 Å². The van der Waals surface area contributed by atoms with E-state index >= 15 is 0 Å². The second-order valence-electron chi connectivity index (χ2n) is 5.33. The molecule has 2 heterocycles. The monoisotopic (exact) mass is 359 g/mol. The van der Waals surface area contributed by atoms with Crippen molar-refractivity contribution in [2.45, 2.75) is 0 Å². The molecule has 1 aromatic carbocycles. The van der Waals surface area contributed by atoms with E-state index in [1.165, 1.54) is 0 Å². The molecule has 0 saturated carbocycles. The number of benzene rings is 1. The summed E-state index contributed by atoms with van der Waals surface area (Å²) in [4.78, 5) is 13.9. The van der Waals surface area contributed by atoms with Crippen LogP contribution in [-0.2, 0) is 0 Å². The lowest BCUT2D eigenvalue weighted by atomic mass is 10.2. The Morgan fingerprint density at radius 2 is 1.78 bits per heavy atom. The van der Waals surface area contributed by atoms with Gasteiger partial charge in [-0.15, -0.1) is 24.8 Å². The Labute approximate surface area is 148 Å². The predicted molar refractivity (Wildman–Crippen MR) is 99.3 cm³/mol. The third kappa shape index (κ3) is 4.57. The van der Waals surface area contributed by atoms with Gasteiger partial charge in [0.15, 0.2) is 0 Å². The molecule has 8 heteroatoms. The summed E-state index contributed by atoms with van der Waals surface area (Å²) in [6.07, 6.45) is 0. The van der Waals surface area contributed by atoms with Crippen molar-refractivity contribution in [3.05, 3.63) is 24.3 Å². The van der Waals surface area contributed by atoms with Crippen molar-refractivity contribution in [1.29, 1.82) is 0 Å². The van der Waals surface area contributed by atoms with Gasteiger partial charge in [-0.25, -0.2) is 4.98 Å². The van der Waals surface area contributed by atoms with Gasteiger partial charge in [0.2, 0.25) is 5.95 Å². The first-order valence-corrected chi connectivity index (χ1v) is 7.33. The van der Waals surface area contributed by atoms with Crippen molar-refractivity contribution in [3.8, 4) is 0 Å². The van der Waals surface area contributed by atoms with Crippen LogP contribution in [0.4, 0.5) is 11.8 Å². The van der Waals surface area contributed by atoms with Crippen LogP contribution >= 0.6 is 24.8 Å². The Morgan fingerprint density at radius 1 is 1.09 bits per heavy atom. The van der Waals surface area contributed by atoms with Crippen molar-refractivity contribution in [3.63, 3.8) is 0 Å². The first-order chi connectivity index (χ1) is 10.3. The van der Waals surface area contributed by atoms with E-state index in [0.717, 1.165) is 48.8 Å². The van der Waals surface area contributed by atoms with Gasteiger partial charge in [0.25, 0.3) is 0 Å². The van der Waals surface area contributed by atoms with Gasteiger partial charge in [-0.2, -0.15) is 4.98 Å². The van der Waals surface area contributed by atoms with Crippen LogP contribution < -0.4 is 10.2 Å². The van der Waals surface area contributed by atoms with Crippen LogP contribution in [0.1, 0.15) is 0 Å². The number of fused-ring (bicyclic) bond motifs is 1. The fourth-order valence-corrected chi connectivity index (χ4v) is 2.52. The van der Waals surface area contributed by atoms with Gasteiger partial charge in [-0.3, -0.25) is 0 Å². The number of aromatic nitrogens is 2. The molecule has 0 unspecified atom stereocenters. The average molecular weight is 360 g/mol. The minimum absolute atomic E-state index is 0. The van der Waals surface area contributed by atoms with E-state index in [-0.39, 0.29) is 31.4 Å². The Kier molecular flexibility index (Phi) is 7.78. The molecule has 1 aliphatic rings. The lowest BCUT2D eigenvalue weighted by Crippen LogP contribution is -2.45. The number of aliphatic hydroxyl groups is 1. The molecule has 2 aromatic rings. The number of piperazine rings is 1. The lowest BCUT2D eigenvalue weighted by Gasteiger charge is -2.32. The molecule has 0 atom stereocenters. The highest BCUT2D eigenvalue weighted by Gasteiger charge is 2.18. The highest BCUT2D eigenvalue weighted by molar-refractivity contribution is 5.90. The number of halogens is 2. The number of aliphatic hydroxyl groups excluding tert-OH is 1.